The van der Waals surface area contributed by atoms with Crippen LogP contribution in [0.3, 0.4) is 0 Å². The van der Waals surface area contributed by atoms with Crippen molar-refractivity contribution in [3.05, 3.63) is 41.5 Å². The summed E-state index contributed by atoms with van der Waals surface area (Å²) in [6.45, 7) is 10.4. The van der Waals surface area contributed by atoms with Crippen molar-refractivity contribution in [3.8, 4) is 0 Å². The summed E-state index contributed by atoms with van der Waals surface area (Å²) in [6.07, 6.45) is 13.2. The molecule has 5 rings (SSSR count). The fourth-order valence-corrected chi connectivity index (χ4v) is 6.67. The molecule has 2 aromatic rings. The molecule has 0 unspecified atom stereocenters. The number of hydrogen-bond donors (Lipinski definition) is 0. The van der Waals surface area contributed by atoms with E-state index in [9.17, 15) is 4.79 Å². The van der Waals surface area contributed by atoms with Crippen molar-refractivity contribution in [2.24, 2.45) is 5.92 Å². The minimum absolute atomic E-state index is 0.301. The van der Waals surface area contributed by atoms with Gasteiger partial charge in [0.25, 0.3) is 0 Å². The lowest BCUT2D eigenvalue weighted by atomic mass is 9.72. The number of anilines is 1. The smallest absolute Gasteiger partial charge is 0.174 e. The zero-order valence-electron chi connectivity index (χ0n) is 21.6. The van der Waals surface area contributed by atoms with E-state index in [0.717, 1.165) is 56.8 Å². The van der Waals surface area contributed by atoms with E-state index in [1.807, 2.05) is 0 Å². The maximum atomic E-state index is 14.1. The van der Waals surface area contributed by atoms with Crippen molar-refractivity contribution >= 4 is 22.2 Å². The Morgan fingerprint density at radius 2 is 1.65 bits per heavy atom. The highest BCUT2D eigenvalue weighted by Gasteiger charge is 2.46. The summed E-state index contributed by atoms with van der Waals surface area (Å²) >= 11 is 0. The van der Waals surface area contributed by atoms with Gasteiger partial charge in [0.2, 0.25) is 0 Å². The molecule has 1 heterocycles. The minimum atomic E-state index is -0.301. The molecule has 0 atom stereocenters. The van der Waals surface area contributed by atoms with Crippen LogP contribution < -0.4 is 4.90 Å². The summed E-state index contributed by atoms with van der Waals surface area (Å²) in [5.41, 5.74) is 3.38. The number of rotatable bonds is 11. The molecule has 3 aliphatic rings. The molecule has 2 aliphatic carbocycles. The predicted octanol–water partition coefficient (Wildman–Crippen LogP) is 7.36. The van der Waals surface area contributed by atoms with Crippen LogP contribution in [-0.2, 0) is 5.41 Å². The summed E-state index contributed by atoms with van der Waals surface area (Å²) in [6, 6.07) is 11.3. The zero-order chi connectivity index (χ0) is 23.5. The van der Waals surface area contributed by atoms with Crippen molar-refractivity contribution in [1.29, 1.82) is 0 Å². The summed E-state index contributed by atoms with van der Waals surface area (Å²) < 4.78 is 0. The van der Waals surface area contributed by atoms with Crippen LogP contribution in [-0.4, -0.2) is 43.4 Å². The zero-order valence-corrected chi connectivity index (χ0v) is 21.6. The largest absolute Gasteiger partial charge is 0.370 e. The summed E-state index contributed by atoms with van der Waals surface area (Å²) in [5.74, 6) is 1.37. The van der Waals surface area contributed by atoms with E-state index in [1.165, 1.54) is 80.1 Å². The van der Waals surface area contributed by atoms with Crippen LogP contribution in [0.4, 0.5) is 5.69 Å². The third-order valence-electron chi connectivity index (χ3n) is 8.77. The maximum Gasteiger partial charge on any atom is 0.174 e. The Balaban J connectivity index is 1.48. The number of hydrogen-bond acceptors (Lipinski definition) is 3. The molecule has 2 fully saturated rings. The second-order valence-corrected chi connectivity index (χ2v) is 11.3. The average Bonchev–Trinajstić information content (AvgIpc) is 3.67. The fraction of sp³-hybridized carbons (Fsp3) is 0.645. The van der Waals surface area contributed by atoms with Crippen LogP contribution >= 0.6 is 0 Å². The lowest BCUT2D eigenvalue weighted by Crippen LogP contribution is -2.33. The van der Waals surface area contributed by atoms with Gasteiger partial charge in [0.05, 0.1) is 5.41 Å². The monoisotopic (exact) mass is 460 g/mol. The van der Waals surface area contributed by atoms with E-state index in [2.05, 4.69) is 54.0 Å². The van der Waals surface area contributed by atoms with E-state index in [1.54, 1.807) is 0 Å². The minimum Gasteiger partial charge on any atom is -0.370 e. The molecule has 184 valence electrons. The van der Waals surface area contributed by atoms with Crippen molar-refractivity contribution in [2.45, 2.75) is 89.9 Å². The standard InChI is InChI=1S/C31H44N2O/c1-3-5-7-17-31(18-8-6-4-2)27-15-16-28(25-11-9-12-26(29(25)27)30(31)34)33-20-10-19-32(21-22-33)23-24-13-14-24/h9,11-12,15-16,24H,3-8,10,13-14,17-23H2,1-2H3. The average molecular weight is 461 g/mol. The van der Waals surface area contributed by atoms with Crippen molar-refractivity contribution in [3.63, 3.8) is 0 Å². The van der Waals surface area contributed by atoms with Gasteiger partial charge in [0, 0.05) is 42.8 Å². The van der Waals surface area contributed by atoms with Crippen molar-refractivity contribution < 1.29 is 4.79 Å². The molecule has 0 spiro atoms. The first-order chi connectivity index (χ1) is 16.7. The van der Waals surface area contributed by atoms with Crippen LogP contribution in [0.2, 0.25) is 0 Å². The molecule has 2 aromatic carbocycles. The van der Waals surface area contributed by atoms with Crippen LogP contribution in [0.15, 0.2) is 30.3 Å². The molecule has 34 heavy (non-hydrogen) atoms. The van der Waals surface area contributed by atoms with Gasteiger partial charge in [-0.05, 0) is 61.6 Å². The molecule has 0 bridgehead atoms. The van der Waals surface area contributed by atoms with Gasteiger partial charge < -0.3 is 9.80 Å². The molecule has 1 saturated heterocycles. The highest BCUT2D eigenvalue weighted by Crippen LogP contribution is 2.50. The number of unbranched alkanes of at least 4 members (excludes halogenated alkanes) is 4. The third kappa shape index (κ3) is 4.53. The van der Waals surface area contributed by atoms with Crippen LogP contribution in [0, 0.1) is 5.92 Å². The van der Waals surface area contributed by atoms with E-state index in [0.29, 0.717) is 5.78 Å². The van der Waals surface area contributed by atoms with Crippen LogP contribution in [0.5, 0.6) is 0 Å². The number of ketones is 1. The Hall–Kier alpha value is -1.87. The number of carbonyl (C=O) groups is 1. The SMILES string of the molecule is CCCCCC1(CCCCC)C(=O)c2cccc3c(N4CCCN(CC5CC5)CC4)ccc1c23. The van der Waals surface area contributed by atoms with Crippen LogP contribution in [0.1, 0.15) is 100 Å². The molecule has 0 aromatic heterocycles. The third-order valence-corrected chi connectivity index (χ3v) is 8.77. The molecule has 1 saturated carbocycles. The Labute approximate surface area is 206 Å². The quantitative estimate of drug-likeness (QED) is 0.327. The summed E-state index contributed by atoms with van der Waals surface area (Å²) in [5, 5.41) is 2.59. The number of benzene rings is 2. The summed E-state index contributed by atoms with van der Waals surface area (Å²) in [7, 11) is 0. The second-order valence-electron chi connectivity index (χ2n) is 11.3. The lowest BCUT2D eigenvalue weighted by molar-refractivity contribution is 0.0870. The molecule has 0 amide bonds. The topological polar surface area (TPSA) is 23.6 Å². The van der Waals surface area contributed by atoms with Gasteiger partial charge in [-0.2, -0.15) is 0 Å². The first-order valence-electron chi connectivity index (χ1n) is 14.3. The van der Waals surface area contributed by atoms with Crippen molar-refractivity contribution in [1.82, 2.24) is 4.90 Å². The number of carbonyl (C=O) groups excluding carboxylic acids is 1. The molecule has 3 nitrogen and oxygen atoms in total. The van der Waals surface area contributed by atoms with Crippen LogP contribution in [0.25, 0.3) is 10.8 Å². The lowest BCUT2D eigenvalue weighted by Gasteiger charge is -2.30. The first kappa shape index (κ1) is 23.9. The van der Waals surface area contributed by atoms with E-state index >= 15 is 0 Å². The van der Waals surface area contributed by atoms with Gasteiger partial charge in [-0.1, -0.05) is 76.6 Å². The highest BCUT2D eigenvalue weighted by atomic mass is 16.1. The highest BCUT2D eigenvalue weighted by molar-refractivity contribution is 6.22. The Morgan fingerprint density at radius 1 is 0.882 bits per heavy atom. The number of nitrogens with zero attached hydrogens (tertiary/aromatic N) is 2. The molecule has 0 radical (unpaired) electrons. The molecule has 3 heteroatoms. The van der Waals surface area contributed by atoms with Gasteiger partial charge in [0.15, 0.2) is 5.78 Å². The van der Waals surface area contributed by atoms with Gasteiger partial charge >= 0.3 is 0 Å². The first-order valence-corrected chi connectivity index (χ1v) is 14.3. The maximum absolute atomic E-state index is 14.1. The molecule has 1 aliphatic heterocycles. The van der Waals surface area contributed by atoms with Gasteiger partial charge in [-0.3, -0.25) is 4.79 Å². The summed E-state index contributed by atoms with van der Waals surface area (Å²) in [4.78, 5) is 19.4. The Morgan fingerprint density at radius 3 is 2.35 bits per heavy atom. The van der Waals surface area contributed by atoms with E-state index < -0.39 is 0 Å². The van der Waals surface area contributed by atoms with Gasteiger partial charge in [-0.25, -0.2) is 0 Å². The predicted molar refractivity (Wildman–Crippen MR) is 144 cm³/mol. The van der Waals surface area contributed by atoms with Gasteiger partial charge in [0.1, 0.15) is 0 Å². The molecular weight excluding hydrogens is 416 g/mol. The molecular formula is C31H44N2O. The van der Waals surface area contributed by atoms with Crippen molar-refractivity contribution in [2.75, 3.05) is 37.6 Å². The number of Topliss-reactive ketones (excluding diaryl/α,β-unsaturated/α-hetero) is 1. The normalized spacial score (nSPS) is 20.3. The Kier molecular flexibility index (Phi) is 7.30. The van der Waals surface area contributed by atoms with E-state index in [-0.39, 0.29) is 5.41 Å². The Bertz CT molecular complexity index is 998. The van der Waals surface area contributed by atoms with E-state index in [4.69, 9.17) is 0 Å². The second kappa shape index (κ2) is 10.4. The van der Waals surface area contributed by atoms with Gasteiger partial charge in [-0.15, -0.1) is 0 Å². The fourth-order valence-electron chi connectivity index (χ4n) is 6.67. The molecule has 0 N–H and O–H groups in total.